The van der Waals surface area contributed by atoms with Crippen molar-refractivity contribution in [3.8, 4) is 6.07 Å². The highest BCUT2D eigenvalue weighted by Crippen LogP contribution is 2.24. The molecular weight excluding hydrogens is 354 g/mol. The van der Waals surface area contributed by atoms with Crippen LogP contribution in [0.1, 0.15) is 11.1 Å². The summed E-state index contributed by atoms with van der Waals surface area (Å²) in [5, 5.41) is 10.8. The Labute approximate surface area is 154 Å². The van der Waals surface area contributed by atoms with Crippen molar-refractivity contribution in [1.29, 1.82) is 5.26 Å². The van der Waals surface area contributed by atoms with Gasteiger partial charge in [0.1, 0.15) is 0 Å². The van der Waals surface area contributed by atoms with E-state index < -0.39 is 0 Å². The first-order chi connectivity index (χ1) is 12.1. The van der Waals surface area contributed by atoms with E-state index in [0.29, 0.717) is 38.9 Å². The van der Waals surface area contributed by atoms with Crippen molar-refractivity contribution in [3.05, 3.63) is 81.6 Å². The summed E-state index contributed by atoms with van der Waals surface area (Å²) < 4.78 is 1.57. The molecule has 3 aromatic rings. The number of fused-ring (bicyclic) bond motifs is 1. The van der Waals surface area contributed by atoms with Crippen molar-refractivity contribution in [2.75, 3.05) is 0 Å². The summed E-state index contributed by atoms with van der Waals surface area (Å²) in [5.41, 5.74) is 1.99. The summed E-state index contributed by atoms with van der Waals surface area (Å²) in [6.07, 6.45) is 1.66. The first kappa shape index (κ1) is 17.3. The van der Waals surface area contributed by atoms with Crippen molar-refractivity contribution in [2.45, 2.75) is 17.5 Å². The Balaban J connectivity index is 2.04. The smallest absolute Gasteiger partial charge is 0.262 e. The van der Waals surface area contributed by atoms with Crippen LogP contribution < -0.4 is 5.56 Å². The standard InChI is InChI=1S/C19H14ClN3OS/c1-2-9-23-18(24)16-10-15(20)7-8-17(16)22-19(23)25-12-14-6-4-3-5-13(14)11-21/h2-8,10H,1,9,12H2. The third-order valence-electron chi connectivity index (χ3n) is 3.69. The average molecular weight is 368 g/mol. The number of allylic oxidation sites excluding steroid dienone is 1. The molecule has 0 radical (unpaired) electrons. The molecule has 0 aliphatic rings. The normalized spacial score (nSPS) is 10.6. The number of rotatable bonds is 5. The Bertz CT molecular complexity index is 1050. The molecular formula is C19H14ClN3OS. The highest BCUT2D eigenvalue weighted by atomic mass is 35.5. The van der Waals surface area contributed by atoms with E-state index in [2.05, 4.69) is 17.6 Å². The van der Waals surface area contributed by atoms with Crippen LogP contribution in [0.2, 0.25) is 5.02 Å². The van der Waals surface area contributed by atoms with Crippen LogP contribution in [-0.2, 0) is 12.3 Å². The van der Waals surface area contributed by atoms with Crippen LogP contribution >= 0.6 is 23.4 Å². The van der Waals surface area contributed by atoms with Crippen LogP contribution in [0.4, 0.5) is 0 Å². The largest absolute Gasteiger partial charge is 0.283 e. The van der Waals surface area contributed by atoms with Gasteiger partial charge in [0.25, 0.3) is 5.56 Å². The molecule has 0 bridgehead atoms. The van der Waals surface area contributed by atoms with Crippen molar-refractivity contribution < 1.29 is 0 Å². The minimum Gasteiger partial charge on any atom is -0.283 e. The number of hydrogen-bond acceptors (Lipinski definition) is 4. The van der Waals surface area contributed by atoms with E-state index in [0.717, 1.165) is 5.56 Å². The maximum Gasteiger partial charge on any atom is 0.262 e. The summed E-state index contributed by atoms with van der Waals surface area (Å²) >= 11 is 7.43. The lowest BCUT2D eigenvalue weighted by atomic mass is 10.1. The number of thioether (sulfide) groups is 1. The molecule has 1 aromatic heterocycles. The van der Waals surface area contributed by atoms with Gasteiger partial charge in [-0.25, -0.2) is 4.98 Å². The van der Waals surface area contributed by atoms with Gasteiger partial charge in [0.15, 0.2) is 5.16 Å². The van der Waals surface area contributed by atoms with Gasteiger partial charge in [-0.1, -0.05) is 47.6 Å². The lowest BCUT2D eigenvalue weighted by molar-refractivity contribution is 0.671. The molecule has 0 fully saturated rings. The number of halogens is 1. The second kappa shape index (κ2) is 7.56. The van der Waals surface area contributed by atoms with Gasteiger partial charge in [0, 0.05) is 17.3 Å². The van der Waals surface area contributed by atoms with Crippen LogP contribution in [0.3, 0.4) is 0 Å². The molecule has 0 aliphatic heterocycles. The molecule has 2 aromatic carbocycles. The number of hydrogen-bond donors (Lipinski definition) is 0. The van der Waals surface area contributed by atoms with E-state index in [1.54, 1.807) is 34.9 Å². The quantitative estimate of drug-likeness (QED) is 0.381. The molecule has 4 nitrogen and oxygen atoms in total. The molecule has 0 saturated heterocycles. The van der Waals surface area contributed by atoms with Gasteiger partial charge in [0.05, 0.1) is 22.5 Å². The van der Waals surface area contributed by atoms with Gasteiger partial charge < -0.3 is 0 Å². The van der Waals surface area contributed by atoms with Gasteiger partial charge in [-0.05, 0) is 29.8 Å². The summed E-state index contributed by atoms with van der Waals surface area (Å²) in [7, 11) is 0. The fourth-order valence-corrected chi connectivity index (χ4v) is 3.66. The maximum atomic E-state index is 12.8. The molecule has 0 saturated carbocycles. The number of aromatic nitrogens is 2. The molecule has 0 amide bonds. The van der Waals surface area contributed by atoms with Crippen molar-refractivity contribution in [2.24, 2.45) is 0 Å². The Morgan fingerprint density at radius 2 is 2.12 bits per heavy atom. The zero-order valence-electron chi connectivity index (χ0n) is 13.3. The molecule has 0 unspecified atom stereocenters. The second-order valence-electron chi connectivity index (χ2n) is 5.32. The molecule has 6 heteroatoms. The highest BCUT2D eigenvalue weighted by Gasteiger charge is 2.12. The molecule has 3 rings (SSSR count). The molecule has 25 heavy (non-hydrogen) atoms. The van der Waals surface area contributed by atoms with Gasteiger partial charge >= 0.3 is 0 Å². The summed E-state index contributed by atoms with van der Waals surface area (Å²) in [6, 6.07) is 14.7. The summed E-state index contributed by atoms with van der Waals surface area (Å²) in [5.74, 6) is 0.548. The van der Waals surface area contributed by atoms with Crippen molar-refractivity contribution >= 4 is 34.3 Å². The monoisotopic (exact) mass is 367 g/mol. The van der Waals surface area contributed by atoms with E-state index in [1.165, 1.54) is 11.8 Å². The zero-order chi connectivity index (χ0) is 17.8. The predicted octanol–water partition coefficient (Wildman–Crippen LogP) is 4.40. The zero-order valence-corrected chi connectivity index (χ0v) is 14.8. The van der Waals surface area contributed by atoms with Gasteiger partial charge in [-0.2, -0.15) is 5.26 Å². The Hall–Kier alpha value is -2.55. The Morgan fingerprint density at radius 3 is 2.88 bits per heavy atom. The first-order valence-electron chi connectivity index (χ1n) is 7.56. The number of nitrogens with zero attached hydrogens (tertiary/aromatic N) is 3. The topological polar surface area (TPSA) is 58.7 Å². The van der Waals surface area contributed by atoms with Gasteiger partial charge in [0.2, 0.25) is 0 Å². The van der Waals surface area contributed by atoms with Crippen LogP contribution in [0.5, 0.6) is 0 Å². The Kier molecular flexibility index (Phi) is 5.22. The van der Waals surface area contributed by atoms with E-state index in [9.17, 15) is 10.1 Å². The highest BCUT2D eigenvalue weighted by molar-refractivity contribution is 7.98. The van der Waals surface area contributed by atoms with Crippen LogP contribution in [0, 0.1) is 11.3 Å². The van der Waals surface area contributed by atoms with Gasteiger partial charge in [-0.3, -0.25) is 9.36 Å². The minimum absolute atomic E-state index is 0.150. The lowest BCUT2D eigenvalue weighted by Gasteiger charge is -2.12. The van der Waals surface area contributed by atoms with Crippen molar-refractivity contribution in [3.63, 3.8) is 0 Å². The van der Waals surface area contributed by atoms with E-state index in [-0.39, 0.29) is 5.56 Å². The third kappa shape index (κ3) is 3.60. The molecule has 0 atom stereocenters. The molecule has 0 spiro atoms. The fourth-order valence-electron chi connectivity index (χ4n) is 2.47. The van der Waals surface area contributed by atoms with Crippen molar-refractivity contribution in [1.82, 2.24) is 9.55 Å². The third-order valence-corrected chi connectivity index (χ3v) is 4.95. The average Bonchev–Trinajstić information content (AvgIpc) is 2.63. The van der Waals surface area contributed by atoms with E-state index in [1.807, 2.05) is 18.2 Å². The van der Waals surface area contributed by atoms with Gasteiger partial charge in [-0.15, -0.1) is 6.58 Å². The Morgan fingerprint density at radius 1 is 1.32 bits per heavy atom. The van der Waals surface area contributed by atoms with E-state index in [4.69, 9.17) is 11.6 Å². The van der Waals surface area contributed by atoms with Crippen LogP contribution in [0.25, 0.3) is 10.9 Å². The summed E-state index contributed by atoms with van der Waals surface area (Å²) in [4.78, 5) is 17.4. The first-order valence-corrected chi connectivity index (χ1v) is 8.92. The minimum atomic E-state index is -0.150. The van der Waals surface area contributed by atoms with E-state index >= 15 is 0 Å². The van der Waals surface area contributed by atoms with Crippen LogP contribution in [-0.4, -0.2) is 9.55 Å². The second-order valence-corrected chi connectivity index (χ2v) is 6.70. The van der Waals surface area contributed by atoms with Crippen LogP contribution in [0.15, 0.2) is 65.1 Å². The fraction of sp³-hybridized carbons (Fsp3) is 0.105. The SMILES string of the molecule is C=CCn1c(SCc2ccccc2C#N)nc2ccc(Cl)cc2c1=O. The molecule has 0 aliphatic carbocycles. The molecule has 1 heterocycles. The number of nitriles is 1. The maximum absolute atomic E-state index is 12.8. The molecule has 124 valence electrons. The lowest BCUT2D eigenvalue weighted by Crippen LogP contribution is -2.22. The molecule has 0 N–H and O–H groups in total. The predicted molar refractivity (Wildman–Crippen MR) is 102 cm³/mol. The summed E-state index contributed by atoms with van der Waals surface area (Å²) in [6.45, 7) is 4.07. The number of benzene rings is 2.